The number of rotatable bonds is 4. The lowest BCUT2D eigenvalue weighted by Gasteiger charge is -2.23. The van der Waals surface area contributed by atoms with Crippen molar-refractivity contribution >= 4 is 12.1 Å². The number of carboxylic acid groups (broad SMARTS) is 1. The quantitative estimate of drug-likeness (QED) is 0.871. The number of hydrogen-bond donors (Lipinski definition) is 2. The Morgan fingerprint density at radius 2 is 2.16 bits per heavy atom. The van der Waals surface area contributed by atoms with Crippen molar-refractivity contribution in [2.45, 2.75) is 38.8 Å². The van der Waals surface area contributed by atoms with Crippen LogP contribution in [-0.2, 0) is 9.53 Å². The van der Waals surface area contributed by atoms with Gasteiger partial charge in [0.05, 0.1) is 12.5 Å². The van der Waals surface area contributed by atoms with Crippen LogP contribution in [0, 0.1) is 0 Å². The Balaban J connectivity index is 2.76. The van der Waals surface area contributed by atoms with Gasteiger partial charge in [-0.1, -0.05) is 6.07 Å². The van der Waals surface area contributed by atoms with Gasteiger partial charge in [-0.15, -0.1) is 0 Å². The molecular formula is C13H18N2O4. The van der Waals surface area contributed by atoms with E-state index in [2.05, 4.69) is 10.3 Å². The number of nitrogens with one attached hydrogen (secondary N) is 1. The van der Waals surface area contributed by atoms with Crippen LogP contribution in [0.4, 0.5) is 4.79 Å². The number of alkyl carbamates (subject to hydrolysis) is 1. The number of amides is 1. The molecule has 0 aliphatic heterocycles. The molecule has 0 aliphatic rings. The summed E-state index contributed by atoms with van der Waals surface area (Å²) in [6.07, 6.45) is 2.22. The van der Waals surface area contributed by atoms with Crippen molar-refractivity contribution in [1.82, 2.24) is 10.3 Å². The first-order valence-electron chi connectivity index (χ1n) is 5.89. The number of pyridine rings is 1. The topological polar surface area (TPSA) is 88.5 Å². The first kappa shape index (κ1) is 14.9. The third-order valence-corrected chi connectivity index (χ3v) is 2.16. The summed E-state index contributed by atoms with van der Waals surface area (Å²) in [6, 6.07) is 2.72. The monoisotopic (exact) mass is 266 g/mol. The van der Waals surface area contributed by atoms with Gasteiger partial charge in [-0.3, -0.25) is 9.78 Å². The summed E-state index contributed by atoms with van der Waals surface area (Å²) in [7, 11) is 0. The zero-order chi connectivity index (χ0) is 14.5. The van der Waals surface area contributed by atoms with E-state index >= 15 is 0 Å². The molecule has 1 aromatic heterocycles. The molecule has 2 N–H and O–H groups in total. The highest BCUT2D eigenvalue weighted by Gasteiger charge is 2.22. The zero-order valence-electron chi connectivity index (χ0n) is 11.2. The van der Waals surface area contributed by atoms with Gasteiger partial charge in [0, 0.05) is 12.4 Å². The maximum atomic E-state index is 11.7. The highest BCUT2D eigenvalue weighted by Crippen LogP contribution is 2.17. The summed E-state index contributed by atoms with van der Waals surface area (Å²) in [6.45, 7) is 5.22. The molecule has 0 fully saturated rings. The van der Waals surface area contributed by atoms with Gasteiger partial charge < -0.3 is 15.2 Å². The Labute approximate surface area is 111 Å². The van der Waals surface area contributed by atoms with Crippen LogP contribution in [0.25, 0.3) is 0 Å². The van der Waals surface area contributed by atoms with Crippen molar-refractivity contribution < 1.29 is 19.4 Å². The largest absolute Gasteiger partial charge is 0.481 e. The predicted octanol–water partition coefficient (Wildman–Crippen LogP) is 2.12. The summed E-state index contributed by atoms with van der Waals surface area (Å²) in [5.41, 5.74) is -0.0111. The molecular weight excluding hydrogens is 248 g/mol. The summed E-state index contributed by atoms with van der Waals surface area (Å²) >= 11 is 0. The minimum atomic E-state index is -1.01. The number of aliphatic carboxylic acids is 1. The molecule has 6 heteroatoms. The molecule has 104 valence electrons. The molecule has 0 aromatic carbocycles. The molecule has 0 saturated heterocycles. The van der Waals surface area contributed by atoms with Gasteiger partial charge in [-0.2, -0.15) is 0 Å². The molecule has 1 unspecified atom stereocenters. The van der Waals surface area contributed by atoms with Gasteiger partial charge in [-0.05, 0) is 32.4 Å². The zero-order valence-corrected chi connectivity index (χ0v) is 11.2. The Morgan fingerprint density at radius 1 is 1.47 bits per heavy atom. The highest BCUT2D eigenvalue weighted by molar-refractivity contribution is 5.72. The Hall–Kier alpha value is -2.11. The van der Waals surface area contributed by atoms with E-state index in [4.69, 9.17) is 9.84 Å². The molecule has 1 rings (SSSR count). The molecule has 1 heterocycles. The van der Waals surface area contributed by atoms with E-state index in [-0.39, 0.29) is 6.42 Å². The predicted molar refractivity (Wildman–Crippen MR) is 68.6 cm³/mol. The lowest BCUT2D eigenvalue weighted by Crippen LogP contribution is -2.35. The van der Waals surface area contributed by atoms with E-state index in [1.54, 1.807) is 39.1 Å². The van der Waals surface area contributed by atoms with E-state index in [0.717, 1.165) is 0 Å². The normalized spacial score (nSPS) is 12.6. The van der Waals surface area contributed by atoms with Crippen molar-refractivity contribution in [3.63, 3.8) is 0 Å². The van der Waals surface area contributed by atoms with Crippen molar-refractivity contribution in [2.75, 3.05) is 0 Å². The lowest BCUT2D eigenvalue weighted by molar-refractivity contribution is -0.137. The maximum Gasteiger partial charge on any atom is 0.408 e. The third kappa shape index (κ3) is 5.85. The minimum absolute atomic E-state index is 0.231. The highest BCUT2D eigenvalue weighted by atomic mass is 16.6. The van der Waals surface area contributed by atoms with Gasteiger partial charge in [0.2, 0.25) is 0 Å². The van der Waals surface area contributed by atoms with E-state index in [1.807, 2.05) is 0 Å². The molecule has 1 aromatic rings. The summed E-state index contributed by atoms with van der Waals surface area (Å²) in [5, 5.41) is 11.4. The first-order chi connectivity index (χ1) is 8.78. The molecule has 0 aliphatic carbocycles. The second-order valence-electron chi connectivity index (χ2n) is 5.08. The van der Waals surface area contributed by atoms with Crippen LogP contribution >= 0.6 is 0 Å². The van der Waals surface area contributed by atoms with Crippen molar-refractivity contribution in [1.29, 1.82) is 0 Å². The van der Waals surface area contributed by atoms with E-state index in [0.29, 0.717) is 5.56 Å². The van der Waals surface area contributed by atoms with Crippen LogP contribution in [0.2, 0.25) is 0 Å². The first-order valence-corrected chi connectivity index (χ1v) is 5.89. The van der Waals surface area contributed by atoms with Crippen molar-refractivity contribution in [3.8, 4) is 0 Å². The Morgan fingerprint density at radius 3 is 2.63 bits per heavy atom. The van der Waals surface area contributed by atoms with Crippen molar-refractivity contribution in [3.05, 3.63) is 30.1 Å². The number of nitrogens with zero attached hydrogens (tertiary/aromatic N) is 1. The fraction of sp³-hybridized carbons (Fsp3) is 0.462. The van der Waals surface area contributed by atoms with Gasteiger partial charge in [-0.25, -0.2) is 4.79 Å². The SMILES string of the molecule is CC(C)(C)OC(=O)NC(CC(=O)O)c1cccnc1. The number of ether oxygens (including phenoxy) is 1. The van der Waals surface area contributed by atoms with Gasteiger partial charge in [0.15, 0.2) is 0 Å². The summed E-state index contributed by atoms with van der Waals surface area (Å²) < 4.78 is 5.11. The van der Waals surface area contributed by atoms with Crippen LogP contribution in [0.1, 0.15) is 38.8 Å². The molecule has 19 heavy (non-hydrogen) atoms. The fourth-order valence-electron chi connectivity index (χ4n) is 1.46. The third-order valence-electron chi connectivity index (χ3n) is 2.16. The molecule has 0 radical (unpaired) electrons. The maximum absolute atomic E-state index is 11.7. The lowest BCUT2D eigenvalue weighted by atomic mass is 10.1. The number of hydrogen-bond acceptors (Lipinski definition) is 4. The minimum Gasteiger partial charge on any atom is -0.481 e. The van der Waals surface area contributed by atoms with Crippen LogP contribution in [0.15, 0.2) is 24.5 Å². The number of carbonyl (C=O) groups excluding carboxylic acids is 1. The van der Waals surface area contributed by atoms with Crippen LogP contribution < -0.4 is 5.32 Å². The van der Waals surface area contributed by atoms with E-state index in [1.165, 1.54) is 6.20 Å². The van der Waals surface area contributed by atoms with E-state index < -0.39 is 23.7 Å². The average Bonchev–Trinajstić information content (AvgIpc) is 2.26. The Bertz CT molecular complexity index is 440. The van der Waals surface area contributed by atoms with Crippen LogP contribution in [0.3, 0.4) is 0 Å². The van der Waals surface area contributed by atoms with Crippen LogP contribution in [0.5, 0.6) is 0 Å². The standard InChI is InChI=1S/C13H18N2O4/c1-13(2,3)19-12(18)15-10(7-11(16)17)9-5-4-6-14-8-9/h4-6,8,10H,7H2,1-3H3,(H,15,18)(H,16,17). The summed E-state index contributed by atoms with van der Waals surface area (Å²) in [4.78, 5) is 26.4. The number of carboxylic acids is 1. The van der Waals surface area contributed by atoms with Crippen LogP contribution in [-0.4, -0.2) is 27.8 Å². The number of aromatic nitrogens is 1. The molecule has 0 bridgehead atoms. The van der Waals surface area contributed by atoms with E-state index in [9.17, 15) is 9.59 Å². The second-order valence-corrected chi connectivity index (χ2v) is 5.08. The fourth-order valence-corrected chi connectivity index (χ4v) is 1.46. The molecule has 1 amide bonds. The second kappa shape index (κ2) is 6.17. The average molecular weight is 266 g/mol. The summed E-state index contributed by atoms with van der Waals surface area (Å²) in [5.74, 6) is -1.01. The van der Waals surface area contributed by atoms with Gasteiger partial charge in [0.25, 0.3) is 0 Å². The molecule has 0 spiro atoms. The van der Waals surface area contributed by atoms with Crippen molar-refractivity contribution in [2.24, 2.45) is 0 Å². The van der Waals surface area contributed by atoms with Gasteiger partial charge in [0.1, 0.15) is 5.60 Å². The smallest absolute Gasteiger partial charge is 0.408 e. The van der Waals surface area contributed by atoms with Gasteiger partial charge >= 0.3 is 12.1 Å². The molecule has 0 saturated carbocycles. The molecule has 1 atom stereocenters. The number of carbonyl (C=O) groups is 2. The molecule has 6 nitrogen and oxygen atoms in total. The Kier molecular flexibility index (Phi) is 4.86.